The molecule has 0 fully saturated rings. The molecule has 0 amide bonds. The average molecular weight is 401 g/mol. The third-order valence-electron chi connectivity index (χ3n) is 5.15. The van der Waals surface area contributed by atoms with Gasteiger partial charge in [-0.05, 0) is 47.5 Å². The lowest BCUT2D eigenvalue weighted by molar-refractivity contribution is 1.72. The maximum atomic E-state index is 6.17. The number of benzene rings is 4. The van der Waals surface area contributed by atoms with Gasteiger partial charge in [-0.2, -0.15) is 0 Å². The fraction of sp³-hybridized carbons (Fsp3) is 0. The van der Waals surface area contributed by atoms with Crippen LogP contribution in [0.15, 0.2) is 78.9 Å². The molecule has 0 aliphatic rings. The first-order valence-corrected chi connectivity index (χ1v) is 10.8. The summed E-state index contributed by atoms with van der Waals surface area (Å²) in [5.74, 6) is 0. The van der Waals surface area contributed by atoms with Crippen molar-refractivity contribution in [1.29, 1.82) is 0 Å². The minimum Gasteiger partial charge on any atom is -0.135 e. The number of rotatable bonds is 1. The highest BCUT2D eigenvalue weighted by Crippen LogP contribution is 2.39. The third kappa shape index (κ3) is 2.41. The van der Waals surface area contributed by atoms with Crippen molar-refractivity contribution >= 4 is 74.6 Å². The zero-order valence-electron chi connectivity index (χ0n) is 14.2. The SMILES string of the molecule is Clc1ccc2c(c1)sc1ccc(-c3ccc4c(c3)sc3ccccc34)cc12. The summed E-state index contributed by atoms with van der Waals surface area (Å²) in [6.45, 7) is 0. The summed E-state index contributed by atoms with van der Waals surface area (Å²) in [5.41, 5.74) is 2.53. The minimum atomic E-state index is 0.796. The molecule has 3 heteroatoms. The highest BCUT2D eigenvalue weighted by atomic mass is 35.5. The second-order valence-electron chi connectivity index (χ2n) is 6.76. The first-order chi connectivity index (χ1) is 13.3. The Morgan fingerprint density at radius 1 is 0.481 bits per heavy atom. The molecule has 0 radical (unpaired) electrons. The van der Waals surface area contributed by atoms with Crippen LogP contribution in [-0.2, 0) is 0 Å². The van der Waals surface area contributed by atoms with Gasteiger partial charge in [-0.3, -0.25) is 0 Å². The van der Waals surface area contributed by atoms with E-state index in [4.69, 9.17) is 11.6 Å². The van der Waals surface area contributed by atoms with Gasteiger partial charge in [0.15, 0.2) is 0 Å². The number of thiophene rings is 2. The lowest BCUT2D eigenvalue weighted by atomic mass is 10.0. The molecule has 2 aromatic heterocycles. The summed E-state index contributed by atoms with van der Waals surface area (Å²) in [4.78, 5) is 0. The Kier molecular flexibility index (Phi) is 3.36. The van der Waals surface area contributed by atoms with Gasteiger partial charge in [0.05, 0.1) is 0 Å². The summed E-state index contributed by atoms with van der Waals surface area (Å²) >= 11 is 9.84. The van der Waals surface area contributed by atoms with Crippen LogP contribution in [-0.4, -0.2) is 0 Å². The molecule has 2 heterocycles. The fourth-order valence-electron chi connectivity index (χ4n) is 3.84. The molecule has 0 saturated heterocycles. The van der Waals surface area contributed by atoms with Crippen LogP contribution in [0.2, 0.25) is 5.02 Å². The smallest absolute Gasteiger partial charge is 0.0420 e. The molecule has 0 aliphatic carbocycles. The second kappa shape index (κ2) is 5.80. The molecule has 4 aromatic carbocycles. The van der Waals surface area contributed by atoms with Gasteiger partial charge in [-0.25, -0.2) is 0 Å². The van der Waals surface area contributed by atoms with Crippen LogP contribution in [0.4, 0.5) is 0 Å². The Morgan fingerprint density at radius 3 is 2.04 bits per heavy atom. The van der Waals surface area contributed by atoms with Gasteiger partial charge in [0, 0.05) is 45.4 Å². The highest BCUT2D eigenvalue weighted by molar-refractivity contribution is 7.26. The molecule has 128 valence electrons. The van der Waals surface area contributed by atoms with Crippen molar-refractivity contribution in [2.45, 2.75) is 0 Å². The summed E-state index contributed by atoms with van der Waals surface area (Å²) in [6, 6.07) is 28.4. The van der Waals surface area contributed by atoms with E-state index in [2.05, 4.69) is 72.8 Å². The van der Waals surface area contributed by atoms with Crippen molar-refractivity contribution in [3.63, 3.8) is 0 Å². The number of hydrogen-bond acceptors (Lipinski definition) is 2. The first-order valence-electron chi connectivity index (χ1n) is 8.80. The fourth-order valence-corrected chi connectivity index (χ4v) is 6.34. The van der Waals surface area contributed by atoms with Crippen LogP contribution in [0.1, 0.15) is 0 Å². The standard InChI is InChI=1S/C24H13ClS2/c25-16-7-9-19-20-11-14(6-10-22(20)27-24(19)13-16)15-5-8-18-17-3-1-2-4-21(17)26-23(18)12-15/h1-13H. The van der Waals surface area contributed by atoms with E-state index in [1.807, 2.05) is 17.4 Å². The molecule has 0 spiro atoms. The zero-order valence-corrected chi connectivity index (χ0v) is 16.6. The Hall–Kier alpha value is -2.39. The Bertz CT molecular complexity index is 1490. The molecule has 0 nitrogen and oxygen atoms in total. The Balaban J connectivity index is 1.57. The van der Waals surface area contributed by atoms with Gasteiger partial charge in [0.25, 0.3) is 0 Å². The van der Waals surface area contributed by atoms with Crippen molar-refractivity contribution in [1.82, 2.24) is 0 Å². The first kappa shape index (κ1) is 15.6. The minimum absolute atomic E-state index is 0.796. The van der Waals surface area contributed by atoms with Crippen molar-refractivity contribution in [3.05, 3.63) is 83.9 Å². The lowest BCUT2D eigenvalue weighted by Gasteiger charge is -2.03. The van der Waals surface area contributed by atoms with Crippen molar-refractivity contribution in [2.24, 2.45) is 0 Å². The van der Waals surface area contributed by atoms with E-state index in [0.717, 1.165) is 5.02 Å². The molecule has 6 rings (SSSR count). The van der Waals surface area contributed by atoms with Gasteiger partial charge in [0.1, 0.15) is 0 Å². The highest BCUT2D eigenvalue weighted by Gasteiger charge is 2.09. The van der Waals surface area contributed by atoms with Crippen molar-refractivity contribution < 1.29 is 0 Å². The third-order valence-corrected chi connectivity index (χ3v) is 7.65. The average Bonchev–Trinajstić information content (AvgIpc) is 3.24. The largest absolute Gasteiger partial charge is 0.135 e. The van der Waals surface area contributed by atoms with E-state index < -0.39 is 0 Å². The summed E-state index contributed by atoms with van der Waals surface area (Å²) in [7, 11) is 0. The van der Waals surface area contributed by atoms with Gasteiger partial charge < -0.3 is 0 Å². The lowest BCUT2D eigenvalue weighted by Crippen LogP contribution is -1.77. The van der Waals surface area contributed by atoms with Crippen LogP contribution >= 0.6 is 34.3 Å². The number of fused-ring (bicyclic) bond motifs is 6. The van der Waals surface area contributed by atoms with Gasteiger partial charge in [0.2, 0.25) is 0 Å². The molecule has 0 unspecified atom stereocenters. The summed E-state index contributed by atoms with van der Waals surface area (Å²) in [5, 5.41) is 6.07. The van der Waals surface area contributed by atoms with Crippen molar-refractivity contribution in [3.8, 4) is 11.1 Å². The maximum absolute atomic E-state index is 6.17. The Labute approximate surface area is 169 Å². The van der Waals surface area contributed by atoms with Crippen LogP contribution in [0.3, 0.4) is 0 Å². The maximum Gasteiger partial charge on any atom is 0.0420 e. The predicted molar refractivity (Wildman–Crippen MR) is 123 cm³/mol. The molecule has 0 bridgehead atoms. The predicted octanol–water partition coefficient (Wildman–Crippen LogP) is 8.74. The summed E-state index contributed by atoms with van der Waals surface area (Å²) < 4.78 is 5.24. The van der Waals surface area contributed by atoms with Crippen LogP contribution in [0.25, 0.3) is 51.5 Å². The van der Waals surface area contributed by atoms with Crippen LogP contribution in [0, 0.1) is 0 Å². The van der Waals surface area contributed by atoms with E-state index in [0.29, 0.717) is 0 Å². The van der Waals surface area contributed by atoms with E-state index >= 15 is 0 Å². The molecular formula is C24H13ClS2. The zero-order chi connectivity index (χ0) is 18.0. The number of hydrogen-bond donors (Lipinski definition) is 0. The van der Waals surface area contributed by atoms with Crippen LogP contribution in [0.5, 0.6) is 0 Å². The molecule has 6 aromatic rings. The van der Waals surface area contributed by atoms with Gasteiger partial charge in [-0.1, -0.05) is 54.1 Å². The summed E-state index contributed by atoms with van der Waals surface area (Å²) in [6.07, 6.45) is 0. The number of halogens is 1. The Morgan fingerprint density at radius 2 is 1.11 bits per heavy atom. The normalized spacial score (nSPS) is 11.9. The monoisotopic (exact) mass is 400 g/mol. The van der Waals surface area contributed by atoms with E-state index in [9.17, 15) is 0 Å². The molecule has 27 heavy (non-hydrogen) atoms. The van der Waals surface area contributed by atoms with Crippen molar-refractivity contribution in [2.75, 3.05) is 0 Å². The van der Waals surface area contributed by atoms with Crippen LogP contribution < -0.4 is 0 Å². The molecule has 0 N–H and O–H groups in total. The van der Waals surface area contributed by atoms with Gasteiger partial charge >= 0.3 is 0 Å². The van der Waals surface area contributed by atoms with E-state index in [1.165, 1.54) is 51.5 Å². The molecule has 0 atom stereocenters. The van der Waals surface area contributed by atoms with E-state index in [1.54, 1.807) is 11.3 Å². The molecular weight excluding hydrogens is 388 g/mol. The topological polar surface area (TPSA) is 0 Å². The van der Waals surface area contributed by atoms with Gasteiger partial charge in [-0.15, -0.1) is 22.7 Å². The second-order valence-corrected chi connectivity index (χ2v) is 9.37. The molecule has 0 saturated carbocycles. The molecule has 0 aliphatic heterocycles. The van der Waals surface area contributed by atoms with E-state index in [-0.39, 0.29) is 0 Å². The quantitative estimate of drug-likeness (QED) is 0.259.